The minimum absolute atomic E-state index is 0.0957. The van der Waals surface area contributed by atoms with Gasteiger partial charge in [0.1, 0.15) is 6.10 Å². The van der Waals surface area contributed by atoms with Crippen molar-refractivity contribution < 1.29 is 18.3 Å². The van der Waals surface area contributed by atoms with E-state index in [4.69, 9.17) is 10.5 Å². The summed E-state index contributed by atoms with van der Waals surface area (Å²) in [5.41, 5.74) is 8.53. The van der Waals surface area contributed by atoms with E-state index in [1.165, 1.54) is 0 Å². The lowest BCUT2D eigenvalue weighted by atomic mass is 9.85. The molecule has 2 aromatic heterocycles. The van der Waals surface area contributed by atoms with Gasteiger partial charge in [-0.15, -0.1) is 0 Å². The highest BCUT2D eigenvalue weighted by atomic mass is 19.3. The Morgan fingerprint density at radius 2 is 1.94 bits per heavy atom. The van der Waals surface area contributed by atoms with E-state index in [1.54, 1.807) is 11.1 Å². The fourth-order valence-corrected chi connectivity index (χ4v) is 5.85. The zero-order chi connectivity index (χ0) is 25.3. The van der Waals surface area contributed by atoms with Crippen LogP contribution in [0.15, 0.2) is 18.3 Å². The predicted octanol–water partition coefficient (Wildman–Crippen LogP) is 4.30. The highest BCUT2D eigenvalue weighted by Gasteiger charge is 2.40. The minimum atomic E-state index is -2.79. The molecule has 2 aromatic rings. The van der Waals surface area contributed by atoms with Gasteiger partial charge in [-0.05, 0) is 70.3 Å². The molecule has 3 heterocycles. The van der Waals surface area contributed by atoms with Gasteiger partial charge in [-0.2, -0.15) is 5.10 Å². The van der Waals surface area contributed by atoms with Crippen LogP contribution < -0.4 is 10.5 Å². The highest BCUT2D eigenvalue weighted by Crippen LogP contribution is 2.36. The van der Waals surface area contributed by atoms with Crippen LogP contribution in [0.4, 0.5) is 8.78 Å². The van der Waals surface area contributed by atoms with Crippen LogP contribution in [0.1, 0.15) is 78.7 Å². The summed E-state index contributed by atoms with van der Waals surface area (Å²) >= 11 is 0. The molecular formula is C27H37F2N5O2. The van der Waals surface area contributed by atoms with Crippen molar-refractivity contribution in [1.29, 1.82) is 0 Å². The molecule has 0 atom stereocenters. The van der Waals surface area contributed by atoms with E-state index >= 15 is 0 Å². The predicted molar refractivity (Wildman–Crippen MR) is 132 cm³/mol. The number of carbonyl (C=O) groups is 1. The van der Waals surface area contributed by atoms with Gasteiger partial charge in [-0.3, -0.25) is 9.48 Å². The first-order valence-corrected chi connectivity index (χ1v) is 13.4. The van der Waals surface area contributed by atoms with Crippen LogP contribution in [0, 0.1) is 12.8 Å². The van der Waals surface area contributed by atoms with E-state index in [2.05, 4.69) is 10.1 Å². The molecule has 1 aliphatic heterocycles. The first-order chi connectivity index (χ1) is 17.3. The van der Waals surface area contributed by atoms with Crippen molar-refractivity contribution >= 4 is 5.91 Å². The van der Waals surface area contributed by atoms with Gasteiger partial charge < -0.3 is 15.4 Å². The fraction of sp³-hybridized carbons (Fsp3) is 0.667. The van der Waals surface area contributed by atoms with E-state index < -0.39 is 12.3 Å². The van der Waals surface area contributed by atoms with Gasteiger partial charge in [0.25, 0.3) is 11.8 Å². The SMILES string of the molecule is Cc1cccnc1OC1CCC(CCn2nc(C(=O)N3CCC(N)CC3)c3c2CCC(F)(F)C3)CC1. The van der Waals surface area contributed by atoms with Crippen molar-refractivity contribution in [3.63, 3.8) is 0 Å². The number of piperidine rings is 1. The molecule has 0 aromatic carbocycles. The number of aryl methyl sites for hydroxylation is 2. The normalized spacial score (nSPS) is 24.4. The number of aromatic nitrogens is 3. The summed E-state index contributed by atoms with van der Waals surface area (Å²) in [6.45, 7) is 3.78. The smallest absolute Gasteiger partial charge is 0.274 e. The third-order valence-electron chi connectivity index (χ3n) is 8.14. The Morgan fingerprint density at radius 1 is 1.19 bits per heavy atom. The van der Waals surface area contributed by atoms with E-state index in [0.717, 1.165) is 56.2 Å². The third kappa shape index (κ3) is 5.56. The zero-order valence-corrected chi connectivity index (χ0v) is 21.1. The summed E-state index contributed by atoms with van der Waals surface area (Å²) in [4.78, 5) is 19.3. The quantitative estimate of drug-likeness (QED) is 0.638. The Labute approximate surface area is 211 Å². The van der Waals surface area contributed by atoms with Crippen LogP contribution in [0.2, 0.25) is 0 Å². The van der Waals surface area contributed by atoms with E-state index in [9.17, 15) is 13.6 Å². The van der Waals surface area contributed by atoms with Crippen molar-refractivity contribution in [2.45, 2.75) is 95.7 Å². The molecule has 196 valence electrons. The molecule has 0 unspecified atom stereocenters. The maximum absolute atomic E-state index is 14.3. The lowest BCUT2D eigenvalue weighted by molar-refractivity contribution is -0.0130. The van der Waals surface area contributed by atoms with Crippen LogP contribution in [0.5, 0.6) is 5.88 Å². The molecule has 0 spiro atoms. The van der Waals surface area contributed by atoms with Gasteiger partial charge in [-0.25, -0.2) is 13.8 Å². The number of halogens is 2. The Balaban J connectivity index is 1.22. The van der Waals surface area contributed by atoms with Crippen LogP contribution in [-0.2, 0) is 19.4 Å². The average molecular weight is 502 g/mol. The number of hydrogen-bond acceptors (Lipinski definition) is 5. The summed E-state index contributed by atoms with van der Waals surface area (Å²) in [6, 6.07) is 4.02. The van der Waals surface area contributed by atoms with Gasteiger partial charge in [0.2, 0.25) is 5.88 Å². The van der Waals surface area contributed by atoms with Crippen LogP contribution >= 0.6 is 0 Å². The van der Waals surface area contributed by atoms with Crippen LogP contribution in [-0.4, -0.2) is 56.7 Å². The number of carbonyl (C=O) groups excluding carboxylic acids is 1. The molecule has 0 radical (unpaired) electrons. The largest absolute Gasteiger partial charge is 0.474 e. The lowest BCUT2D eigenvalue weighted by Crippen LogP contribution is -2.43. The van der Waals surface area contributed by atoms with Crippen molar-refractivity contribution in [2.24, 2.45) is 11.7 Å². The first kappa shape index (κ1) is 25.1. The molecule has 5 rings (SSSR count). The minimum Gasteiger partial charge on any atom is -0.474 e. The molecule has 2 aliphatic carbocycles. The fourth-order valence-electron chi connectivity index (χ4n) is 5.85. The van der Waals surface area contributed by atoms with Crippen LogP contribution in [0.25, 0.3) is 0 Å². The Morgan fingerprint density at radius 3 is 2.67 bits per heavy atom. The average Bonchev–Trinajstić information content (AvgIpc) is 3.21. The molecule has 1 saturated heterocycles. The Bertz CT molecular complexity index is 1070. The zero-order valence-electron chi connectivity index (χ0n) is 21.1. The number of rotatable bonds is 6. The van der Waals surface area contributed by atoms with Crippen molar-refractivity contribution in [1.82, 2.24) is 19.7 Å². The number of hydrogen-bond donors (Lipinski definition) is 1. The van der Waals surface area contributed by atoms with Crippen molar-refractivity contribution in [3.05, 3.63) is 40.8 Å². The second kappa shape index (κ2) is 10.4. The van der Waals surface area contributed by atoms with E-state index in [0.29, 0.717) is 37.0 Å². The maximum atomic E-state index is 14.3. The number of ether oxygens (including phenoxy) is 1. The van der Waals surface area contributed by atoms with Gasteiger partial charge in [-0.1, -0.05) is 6.07 Å². The molecule has 1 amide bonds. The lowest BCUT2D eigenvalue weighted by Gasteiger charge is -2.30. The summed E-state index contributed by atoms with van der Waals surface area (Å²) < 4.78 is 36.6. The molecule has 3 aliphatic rings. The number of fused-ring (bicyclic) bond motifs is 1. The van der Waals surface area contributed by atoms with E-state index in [-0.39, 0.29) is 36.6 Å². The molecular weight excluding hydrogens is 464 g/mol. The van der Waals surface area contributed by atoms with Gasteiger partial charge in [0, 0.05) is 61.5 Å². The maximum Gasteiger partial charge on any atom is 0.274 e. The molecule has 1 saturated carbocycles. The molecule has 2 N–H and O–H groups in total. The molecule has 9 heteroatoms. The molecule has 36 heavy (non-hydrogen) atoms. The monoisotopic (exact) mass is 501 g/mol. The molecule has 0 bridgehead atoms. The summed E-state index contributed by atoms with van der Waals surface area (Å²) in [7, 11) is 0. The Kier molecular flexibility index (Phi) is 7.28. The van der Waals surface area contributed by atoms with Gasteiger partial charge >= 0.3 is 0 Å². The summed E-state index contributed by atoms with van der Waals surface area (Å²) in [5.74, 6) is -1.77. The standard InChI is InChI=1S/C27H37F2N5O2/c1-18-3-2-13-31-25(18)36-21-6-4-19(5-7-21)9-16-34-23-8-12-27(28,29)17-22(23)24(32-34)26(35)33-14-10-20(30)11-15-33/h2-3,13,19-21H,4-12,14-17,30H2,1H3. The number of likely N-dealkylation sites (tertiary alicyclic amines) is 1. The second-order valence-electron chi connectivity index (χ2n) is 10.8. The van der Waals surface area contributed by atoms with Gasteiger partial charge in [0.15, 0.2) is 5.69 Å². The third-order valence-corrected chi connectivity index (χ3v) is 8.14. The molecule has 2 fully saturated rings. The first-order valence-electron chi connectivity index (χ1n) is 13.4. The van der Waals surface area contributed by atoms with Crippen LogP contribution in [0.3, 0.4) is 0 Å². The van der Waals surface area contributed by atoms with Crippen molar-refractivity contribution in [3.8, 4) is 5.88 Å². The summed E-state index contributed by atoms with van der Waals surface area (Å²) in [6.07, 6.45) is 8.06. The second-order valence-corrected chi connectivity index (χ2v) is 10.8. The number of alkyl halides is 2. The Hall–Kier alpha value is -2.55. The number of nitrogens with two attached hydrogens (primary N) is 1. The number of nitrogens with zero attached hydrogens (tertiary/aromatic N) is 4. The van der Waals surface area contributed by atoms with Gasteiger partial charge in [0.05, 0.1) is 0 Å². The highest BCUT2D eigenvalue weighted by molar-refractivity contribution is 5.94. The number of pyridine rings is 1. The number of amides is 1. The van der Waals surface area contributed by atoms with E-state index in [1.807, 2.05) is 23.7 Å². The summed E-state index contributed by atoms with van der Waals surface area (Å²) in [5, 5.41) is 4.64. The topological polar surface area (TPSA) is 86.3 Å². The van der Waals surface area contributed by atoms with Crippen molar-refractivity contribution in [2.75, 3.05) is 13.1 Å². The molecule has 7 nitrogen and oxygen atoms in total.